The standard InChI is InChI=1S/C32H37N3O4.2ClH/c36-23-11-10-21-16-24-32-13-12-31(38,27(35(32)18-20-8-9-20)28(37)33-22-4-2-1-3-5-22)29-30(32,25(21)26(23)39-29)14-15-34(24)17-19-6-7-19;;/h1-5,10-11,19-20,24,27,29,36,38H,6-9,12-18H2,(H,33,37);2*1H/t24-,27-,29-,30+,31-,32-;;/m1../s1. The summed E-state index contributed by atoms with van der Waals surface area (Å²) in [5.41, 5.74) is 1.05. The van der Waals surface area contributed by atoms with Gasteiger partial charge >= 0.3 is 0 Å². The smallest absolute Gasteiger partial charge is 0.244 e. The molecule has 220 valence electrons. The number of phenolic OH excluding ortho intramolecular Hbond substituents is 1. The number of para-hydroxylation sites is 1. The first-order valence-corrected chi connectivity index (χ1v) is 15.1. The molecule has 6 atom stereocenters. The Bertz CT molecular complexity index is 1390. The lowest BCUT2D eigenvalue weighted by Crippen LogP contribution is -2.92. The van der Waals surface area contributed by atoms with E-state index in [1.807, 2.05) is 30.3 Å². The van der Waals surface area contributed by atoms with Gasteiger partial charge in [-0.25, -0.2) is 0 Å². The van der Waals surface area contributed by atoms with Crippen LogP contribution in [0.3, 0.4) is 0 Å². The molecule has 4 bridgehead atoms. The van der Waals surface area contributed by atoms with Crippen LogP contribution in [0.15, 0.2) is 42.5 Å². The number of likely N-dealkylation sites (tertiary alicyclic amines) is 1. The van der Waals surface area contributed by atoms with E-state index in [1.54, 1.807) is 6.07 Å². The molecule has 2 aromatic rings. The zero-order valence-corrected chi connectivity index (χ0v) is 24.8. The first kappa shape index (κ1) is 27.8. The maximum Gasteiger partial charge on any atom is 0.244 e. The zero-order valence-electron chi connectivity index (χ0n) is 23.1. The highest BCUT2D eigenvalue weighted by Gasteiger charge is 2.83. The lowest BCUT2D eigenvalue weighted by Gasteiger charge is -2.76. The maximum absolute atomic E-state index is 14.3. The van der Waals surface area contributed by atoms with Crippen molar-refractivity contribution in [3.05, 3.63) is 53.6 Å². The molecule has 3 N–H and O–H groups in total. The molecule has 4 heterocycles. The summed E-state index contributed by atoms with van der Waals surface area (Å²) in [7, 11) is 0. The van der Waals surface area contributed by atoms with Crippen LogP contribution in [0, 0.1) is 11.8 Å². The van der Waals surface area contributed by atoms with Crippen molar-refractivity contribution in [2.24, 2.45) is 11.8 Å². The predicted octanol–water partition coefficient (Wildman–Crippen LogP) is 4.27. The quantitative estimate of drug-likeness (QED) is 0.460. The van der Waals surface area contributed by atoms with Gasteiger partial charge in [-0.2, -0.15) is 0 Å². The summed E-state index contributed by atoms with van der Waals surface area (Å²) in [4.78, 5) is 19.6. The fourth-order valence-electron chi connectivity index (χ4n) is 9.85. The number of aromatic hydroxyl groups is 1. The van der Waals surface area contributed by atoms with E-state index in [0.29, 0.717) is 18.1 Å². The van der Waals surface area contributed by atoms with Crippen LogP contribution in [-0.2, 0) is 16.6 Å². The number of carbonyl (C=O) groups is 1. The Morgan fingerprint density at radius 2 is 1.71 bits per heavy atom. The molecule has 2 aromatic carbocycles. The Balaban J connectivity index is 0.00000138. The van der Waals surface area contributed by atoms with Gasteiger partial charge in [0.05, 0.1) is 11.0 Å². The van der Waals surface area contributed by atoms with Crippen molar-refractivity contribution in [1.29, 1.82) is 0 Å². The van der Waals surface area contributed by atoms with Crippen LogP contribution in [0.1, 0.15) is 56.1 Å². The number of nitrogens with one attached hydrogen (secondary N) is 1. The van der Waals surface area contributed by atoms with Gasteiger partial charge in [-0.05, 0) is 93.5 Å². The molecule has 6 fully saturated rings. The van der Waals surface area contributed by atoms with Gasteiger partial charge in [-0.15, -0.1) is 24.8 Å². The first-order chi connectivity index (χ1) is 19.0. The number of carbonyl (C=O) groups excluding carboxylic acids is 1. The summed E-state index contributed by atoms with van der Waals surface area (Å²) in [6.45, 7) is 2.93. The molecule has 4 aliphatic heterocycles. The number of hydrogen-bond donors (Lipinski definition) is 3. The second kappa shape index (κ2) is 9.23. The van der Waals surface area contributed by atoms with E-state index in [1.165, 1.54) is 31.2 Å². The molecular weight excluding hydrogens is 561 g/mol. The number of halogens is 2. The van der Waals surface area contributed by atoms with Gasteiger partial charge in [0.15, 0.2) is 11.5 Å². The van der Waals surface area contributed by atoms with Gasteiger partial charge in [0, 0.05) is 30.4 Å². The lowest BCUT2D eigenvalue weighted by molar-refractivity contribution is -0.286. The number of nitrogens with zero attached hydrogens (tertiary/aromatic N) is 2. The van der Waals surface area contributed by atoms with Crippen molar-refractivity contribution in [3.63, 3.8) is 0 Å². The van der Waals surface area contributed by atoms with E-state index in [9.17, 15) is 15.0 Å². The summed E-state index contributed by atoms with van der Waals surface area (Å²) in [6, 6.07) is 13.0. The van der Waals surface area contributed by atoms with Crippen LogP contribution >= 0.6 is 24.8 Å². The van der Waals surface area contributed by atoms with Crippen LogP contribution in [0.25, 0.3) is 0 Å². The Morgan fingerprint density at radius 1 is 0.976 bits per heavy atom. The third kappa shape index (κ3) is 3.47. The minimum Gasteiger partial charge on any atom is -0.504 e. The number of rotatable bonds is 6. The minimum absolute atomic E-state index is 0. The van der Waals surface area contributed by atoms with Gasteiger partial charge in [-0.1, -0.05) is 24.3 Å². The van der Waals surface area contributed by atoms with Crippen LogP contribution in [-0.4, -0.2) is 74.9 Å². The highest BCUT2D eigenvalue weighted by atomic mass is 35.5. The number of hydrogen-bond acceptors (Lipinski definition) is 6. The second-order valence-electron chi connectivity index (χ2n) is 13.6. The SMILES string of the molecule is Cl.Cl.O=C(Nc1ccccc1)[C@H]1N(CC2CC2)[C@@]23CC[C@]1(O)[C@@H]1Oc4c(O)ccc5c4[C@@]12CCN(CC1CC1)[C@@H]3C5. The number of fused-ring (bicyclic) bond motifs is 2. The normalized spacial score (nSPS) is 37.8. The van der Waals surface area contributed by atoms with E-state index < -0.39 is 23.2 Å². The Labute approximate surface area is 253 Å². The van der Waals surface area contributed by atoms with E-state index in [4.69, 9.17) is 4.74 Å². The second-order valence-corrected chi connectivity index (χ2v) is 13.6. The number of ether oxygens (including phenoxy) is 1. The Morgan fingerprint density at radius 3 is 2.44 bits per heavy atom. The molecule has 0 aromatic heterocycles. The van der Waals surface area contributed by atoms with Gasteiger partial charge in [0.1, 0.15) is 17.7 Å². The van der Waals surface area contributed by atoms with E-state index in [-0.39, 0.29) is 48.1 Å². The van der Waals surface area contributed by atoms with Gasteiger partial charge in [0.2, 0.25) is 5.91 Å². The average molecular weight is 601 g/mol. The van der Waals surface area contributed by atoms with Gasteiger partial charge in [-0.3, -0.25) is 14.6 Å². The zero-order chi connectivity index (χ0) is 26.1. The van der Waals surface area contributed by atoms with E-state index in [2.05, 4.69) is 21.2 Å². The highest BCUT2D eigenvalue weighted by Crippen LogP contribution is 2.72. The average Bonchev–Trinajstić information content (AvgIpc) is 3.86. The molecule has 10 rings (SSSR count). The van der Waals surface area contributed by atoms with Crippen molar-refractivity contribution >= 4 is 36.4 Å². The van der Waals surface area contributed by atoms with Gasteiger partial charge in [0.25, 0.3) is 0 Å². The molecule has 3 saturated carbocycles. The monoisotopic (exact) mass is 599 g/mol. The van der Waals surface area contributed by atoms with E-state index >= 15 is 0 Å². The summed E-state index contributed by atoms with van der Waals surface area (Å²) in [5, 5.41) is 27.0. The minimum atomic E-state index is -1.35. The third-order valence-electron chi connectivity index (χ3n) is 11.6. The summed E-state index contributed by atoms with van der Waals surface area (Å²) >= 11 is 0. The largest absolute Gasteiger partial charge is 0.504 e. The van der Waals surface area contributed by atoms with Crippen molar-refractivity contribution < 1.29 is 19.7 Å². The number of phenols is 1. The van der Waals surface area contributed by atoms with Crippen molar-refractivity contribution in [2.45, 2.75) is 86.1 Å². The highest BCUT2D eigenvalue weighted by molar-refractivity contribution is 5.96. The Hall–Kier alpha value is -2.03. The van der Waals surface area contributed by atoms with Crippen LogP contribution in [0.5, 0.6) is 11.5 Å². The molecule has 0 radical (unpaired) electrons. The molecule has 4 aliphatic carbocycles. The molecule has 3 saturated heterocycles. The van der Waals surface area contributed by atoms with Crippen LogP contribution in [0.4, 0.5) is 5.69 Å². The molecule has 1 amide bonds. The molecule has 7 nitrogen and oxygen atoms in total. The number of aliphatic hydroxyl groups is 1. The Kier molecular flexibility index (Phi) is 6.26. The summed E-state index contributed by atoms with van der Waals surface area (Å²) in [5.74, 6) is 1.93. The summed E-state index contributed by atoms with van der Waals surface area (Å²) in [6.07, 6.45) is 7.63. The van der Waals surface area contributed by atoms with E-state index in [0.717, 1.165) is 56.1 Å². The number of anilines is 1. The number of piperidine rings is 3. The molecule has 2 spiro atoms. The molecule has 41 heavy (non-hydrogen) atoms. The molecule has 9 heteroatoms. The topological polar surface area (TPSA) is 85.3 Å². The lowest BCUT2D eigenvalue weighted by atomic mass is 9.40. The van der Waals surface area contributed by atoms with Crippen molar-refractivity contribution in [2.75, 3.05) is 25.0 Å². The van der Waals surface area contributed by atoms with Crippen LogP contribution in [0.2, 0.25) is 0 Å². The maximum atomic E-state index is 14.3. The third-order valence-corrected chi connectivity index (χ3v) is 11.6. The number of benzene rings is 2. The molecule has 0 unspecified atom stereocenters. The van der Waals surface area contributed by atoms with Crippen LogP contribution < -0.4 is 10.1 Å². The number of amides is 1. The first-order valence-electron chi connectivity index (χ1n) is 15.1. The van der Waals surface area contributed by atoms with Gasteiger partial charge < -0.3 is 20.3 Å². The molecule has 8 aliphatic rings. The van der Waals surface area contributed by atoms with Crippen molar-refractivity contribution in [1.82, 2.24) is 9.80 Å². The fourth-order valence-corrected chi connectivity index (χ4v) is 9.85. The summed E-state index contributed by atoms with van der Waals surface area (Å²) < 4.78 is 6.74. The van der Waals surface area contributed by atoms with Crippen molar-refractivity contribution in [3.8, 4) is 11.5 Å². The fraction of sp³-hybridized carbons (Fsp3) is 0.594. The predicted molar refractivity (Wildman–Crippen MR) is 160 cm³/mol. The molecular formula is C32H39Cl2N3O4.